The molecule has 4 rings (SSSR count). The summed E-state index contributed by atoms with van der Waals surface area (Å²) in [7, 11) is 0. The molecule has 1 amide bonds. The van der Waals surface area contributed by atoms with Gasteiger partial charge in [0, 0.05) is 18.1 Å². The molecule has 0 saturated carbocycles. The lowest BCUT2D eigenvalue weighted by atomic mass is 10.1. The average Bonchev–Trinajstić information content (AvgIpc) is 3.26. The lowest BCUT2D eigenvalue weighted by Gasteiger charge is -2.26. The van der Waals surface area contributed by atoms with Gasteiger partial charge in [0.1, 0.15) is 11.6 Å². The van der Waals surface area contributed by atoms with Gasteiger partial charge in [-0.2, -0.15) is 0 Å². The van der Waals surface area contributed by atoms with Crippen LogP contribution >= 0.6 is 11.3 Å². The number of ether oxygens (including phenoxy) is 1. The van der Waals surface area contributed by atoms with Crippen LogP contribution in [0.2, 0.25) is 0 Å². The molecular weight excluding hydrogens is 420 g/mol. The van der Waals surface area contributed by atoms with Crippen LogP contribution in [0.3, 0.4) is 0 Å². The molecule has 1 aromatic carbocycles. The highest BCUT2D eigenvalue weighted by atomic mass is 32.1. The fourth-order valence-corrected chi connectivity index (χ4v) is 4.78. The molecule has 0 unspecified atom stereocenters. The summed E-state index contributed by atoms with van der Waals surface area (Å²) in [6.07, 6.45) is 7.01. The lowest BCUT2D eigenvalue weighted by molar-refractivity contribution is -0.115. The van der Waals surface area contributed by atoms with Gasteiger partial charge in [-0.05, 0) is 79.4 Å². The van der Waals surface area contributed by atoms with Crippen molar-refractivity contribution in [1.82, 2.24) is 9.88 Å². The fraction of sp³-hybridized carbons (Fsp3) is 0.360. The van der Waals surface area contributed by atoms with Crippen molar-refractivity contribution in [3.63, 3.8) is 0 Å². The highest BCUT2D eigenvalue weighted by molar-refractivity contribution is 7.14. The number of nitrogens with two attached hydrogens (primary N) is 1. The zero-order chi connectivity index (χ0) is 22.2. The van der Waals surface area contributed by atoms with E-state index in [0.29, 0.717) is 18.8 Å². The van der Waals surface area contributed by atoms with E-state index < -0.39 is 0 Å². The first kappa shape index (κ1) is 22.3. The molecule has 3 heterocycles. The van der Waals surface area contributed by atoms with Crippen LogP contribution in [0.25, 0.3) is 11.1 Å². The van der Waals surface area contributed by atoms with Gasteiger partial charge in [-0.25, -0.2) is 4.98 Å². The molecule has 0 radical (unpaired) electrons. The summed E-state index contributed by atoms with van der Waals surface area (Å²) in [5.74, 6) is 1.26. The summed E-state index contributed by atoms with van der Waals surface area (Å²) in [6.45, 7) is 4.22. The van der Waals surface area contributed by atoms with Crippen molar-refractivity contribution in [2.24, 2.45) is 0 Å². The Morgan fingerprint density at radius 2 is 2.00 bits per heavy atom. The van der Waals surface area contributed by atoms with Crippen molar-refractivity contribution in [1.29, 1.82) is 0 Å². The third-order valence-corrected chi connectivity index (χ3v) is 6.42. The highest BCUT2D eigenvalue weighted by Crippen LogP contribution is 2.29. The molecule has 1 aliphatic heterocycles. The molecule has 3 aromatic rings. The lowest BCUT2D eigenvalue weighted by Crippen LogP contribution is -2.31. The maximum Gasteiger partial charge on any atom is 0.229 e. The van der Waals surface area contributed by atoms with Crippen LogP contribution in [-0.4, -0.2) is 42.0 Å². The Kier molecular flexibility index (Phi) is 7.74. The normalized spacial score (nSPS) is 14.2. The Morgan fingerprint density at radius 3 is 2.84 bits per heavy atom. The average molecular weight is 451 g/mol. The first-order valence-electron chi connectivity index (χ1n) is 11.2. The second kappa shape index (κ2) is 11.1. The molecule has 1 aliphatic rings. The number of anilines is 2. The third kappa shape index (κ3) is 6.55. The summed E-state index contributed by atoms with van der Waals surface area (Å²) >= 11 is 1.50. The largest absolute Gasteiger partial charge is 0.494 e. The molecule has 32 heavy (non-hydrogen) atoms. The van der Waals surface area contributed by atoms with Gasteiger partial charge in [0.15, 0.2) is 0 Å². The van der Waals surface area contributed by atoms with Gasteiger partial charge >= 0.3 is 0 Å². The van der Waals surface area contributed by atoms with Crippen molar-refractivity contribution in [3.8, 4) is 16.9 Å². The number of benzene rings is 1. The number of amides is 1. The summed E-state index contributed by atoms with van der Waals surface area (Å²) in [4.78, 5) is 19.1. The summed E-state index contributed by atoms with van der Waals surface area (Å²) in [5, 5.41) is 5.80. The maximum absolute atomic E-state index is 12.5. The van der Waals surface area contributed by atoms with Gasteiger partial charge < -0.3 is 20.7 Å². The van der Waals surface area contributed by atoms with Crippen LogP contribution in [0.5, 0.6) is 5.75 Å². The highest BCUT2D eigenvalue weighted by Gasteiger charge is 2.10. The number of carbonyl (C=O) groups excluding carboxylic acids is 1. The number of hydrogen-bond donors (Lipinski definition) is 2. The van der Waals surface area contributed by atoms with Crippen molar-refractivity contribution in [2.45, 2.75) is 32.1 Å². The topological polar surface area (TPSA) is 80.5 Å². The van der Waals surface area contributed by atoms with Gasteiger partial charge in [-0.15, -0.1) is 11.3 Å². The number of nitrogens with one attached hydrogen (secondary N) is 1. The predicted molar refractivity (Wildman–Crippen MR) is 131 cm³/mol. The predicted octanol–water partition coefficient (Wildman–Crippen LogP) is 4.83. The van der Waals surface area contributed by atoms with E-state index in [0.717, 1.165) is 40.4 Å². The van der Waals surface area contributed by atoms with Gasteiger partial charge in [0.2, 0.25) is 5.91 Å². The molecule has 1 fully saturated rings. The standard InChI is InChI=1S/C25H30N4O2S/c26-23-16-20(8-9-27-23)21-17-25(32-18-21)28-24(30)15-19-6-4-7-22(14-19)31-13-5-12-29-10-2-1-3-11-29/h4,6-9,14,16-18H,1-3,5,10-13,15H2,(H2,26,27)(H,28,30). The number of aromatic nitrogens is 1. The molecule has 0 bridgehead atoms. The molecule has 7 heteroatoms. The van der Waals surface area contributed by atoms with E-state index in [4.69, 9.17) is 10.5 Å². The van der Waals surface area contributed by atoms with E-state index in [9.17, 15) is 4.79 Å². The molecule has 6 nitrogen and oxygen atoms in total. The van der Waals surface area contributed by atoms with Crippen molar-refractivity contribution in [3.05, 3.63) is 59.6 Å². The number of carbonyl (C=O) groups is 1. The quantitative estimate of drug-likeness (QED) is 0.457. The molecule has 0 atom stereocenters. The summed E-state index contributed by atoms with van der Waals surface area (Å²) in [5.41, 5.74) is 8.70. The smallest absolute Gasteiger partial charge is 0.229 e. The minimum absolute atomic E-state index is 0.0464. The Labute approximate surface area is 193 Å². The van der Waals surface area contributed by atoms with E-state index in [2.05, 4.69) is 15.2 Å². The molecular formula is C25H30N4O2S. The van der Waals surface area contributed by atoms with Crippen LogP contribution in [0, 0.1) is 0 Å². The SMILES string of the molecule is Nc1cc(-c2csc(NC(=O)Cc3cccc(OCCCN4CCCCC4)c3)c2)ccn1. The number of hydrogen-bond acceptors (Lipinski definition) is 6. The van der Waals surface area contributed by atoms with Crippen LogP contribution < -0.4 is 15.8 Å². The van der Waals surface area contributed by atoms with Crippen molar-refractivity contribution in [2.75, 3.05) is 37.3 Å². The third-order valence-electron chi connectivity index (χ3n) is 5.58. The van der Waals surface area contributed by atoms with Gasteiger partial charge in [0.25, 0.3) is 0 Å². The van der Waals surface area contributed by atoms with Crippen LogP contribution in [-0.2, 0) is 11.2 Å². The number of rotatable bonds is 9. The number of piperidine rings is 1. The van der Waals surface area contributed by atoms with E-state index in [1.807, 2.05) is 47.8 Å². The van der Waals surface area contributed by atoms with Crippen molar-refractivity contribution >= 4 is 28.1 Å². The zero-order valence-electron chi connectivity index (χ0n) is 18.3. The summed E-state index contributed by atoms with van der Waals surface area (Å²) in [6, 6.07) is 13.5. The number of pyridine rings is 1. The first-order valence-corrected chi connectivity index (χ1v) is 12.1. The Morgan fingerprint density at radius 1 is 1.12 bits per heavy atom. The number of thiophene rings is 1. The Bertz CT molecular complexity index is 1030. The number of likely N-dealkylation sites (tertiary alicyclic amines) is 1. The molecule has 1 saturated heterocycles. The second-order valence-electron chi connectivity index (χ2n) is 8.15. The van der Waals surface area contributed by atoms with Crippen LogP contribution in [0.1, 0.15) is 31.2 Å². The molecule has 0 aliphatic carbocycles. The van der Waals surface area contributed by atoms with E-state index in [-0.39, 0.29) is 5.91 Å². The second-order valence-corrected chi connectivity index (χ2v) is 9.06. The summed E-state index contributed by atoms with van der Waals surface area (Å²) < 4.78 is 5.93. The van der Waals surface area contributed by atoms with Gasteiger partial charge in [-0.1, -0.05) is 18.6 Å². The van der Waals surface area contributed by atoms with Crippen molar-refractivity contribution < 1.29 is 9.53 Å². The number of nitrogen functional groups attached to an aromatic ring is 1. The zero-order valence-corrected chi connectivity index (χ0v) is 19.1. The van der Waals surface area contributed by atoms with E-state index in [1.54, 1.807) is 6.20 Å². The van der Waals surface area contributed by atoms with Crippen LogP contribution in [0.4, 0.5) is 10.8 Å². The number of nitrogens with zero attached hydrogens (tertiary/aromatic N) is 2. The minimum Gasteiger partial charge on any atom is -0.494 e. The molecule has 3 N–H and O–H groups in total. The molecule has 0 spiro atoms. The maximum atomic E-state index is 12.5. The molecule has 2 aromatic heterocycles. The van der Waals surface area contributed by atoms with E-state index in [1.165, 1.54) is 43.7 Å². The van der Waals surface area contributed by atoms with Gasteiger partial charge in [-0.3, -0.25) is 4.79 Å². The Balaban J connectivity index is 1.24. The van der Waals surface area contributed by atoms with E-state index >= 15 is 0 Å². The monoisotopic (exact) mass is 450 g/mol. The van der Waals surface area contributed by atoms with Gasteiger partial charge in [0.05, 0.1) is 18.0 Å². The molecule has 168 valence electrons. The fourth-order valence-electron chi connectivity index (χ4n) is 3.95. The van der Waals surface area contributed by atoms with Crippen LogP contribution in [0.15, 0.2) is 54.0 Å². The minimum atomic E-state index is -0.0464. The first-order chi connectivity index (χ1) is 15.7. The Hall–Kier alpha value is -2.90.